The van der Waals surface area contributed by atoms with Crippen molar-refractivity contribution in [2.75, 3.05) is 4.90 Å². The van der Waals surface area contributed by atoms with Crippen molar-refractivity contribution in [2.24, 2.45) is 0 Å². The van der Waals surface area contributed by atoms with Gasteiger partial charge in [0, 0.05) is 23.2 Å². The van der Waals surface area contributed by atoms with Crippen LogP contribution >= 0.6 is 0 Å². The lowest BCUT2D eigenvalue weighted by Crippen LogP contribution is -2.13. The summed E-state index contributed by atoms with van der Waals surface area (Å²) in [5, 5.41) is 14.1. The van der Waals surface area contributed by atoms with Crippen LogP contribution in [0.25, 0.3) is 32.5 Å². The lowest BCUT2D eigenvalue weighted by Gasteiger charge is -2.27. The summed E-state index contributed by atoms with van der Waals surface area (Å²) in [4.78, 5) is 5.68. The van der Waals surface area contributed by atoms with Crippen LogP contribution in [0.3, 0.4) is 0 Å². The van der Waals surface area contributed by atoms with Crippen molar-refractivity contribution in [3.8, 4) is 6.07 Å². The minimum atomic E-state index is -0.0988. The molecule has 1 aliphatic heterocycles. The third-order valence-corrected chi connectivity index (χ3v) is 7.27. The van der Waals surface area contributed by atoms with Crippen LogP contribution in [0.2, 0.25) is 0 Å². The molecule has 0 spiro atoms. The Morgan fingerprint density at radius 1 is 0.854 bits per heavy atom. The molecule has 0 saturated heterocycles. The van der Waals surface area contributed by atoms with E-state index in [0.29, 0.717) is 12.2 Å². The molecular formula is C37H27N3O. The second kappa shape index (κ2) is 11.3. The Kier molecular flexibility index (Phi) is 7.06. The van der Waals surface area contributed by atoms with Crippen LogP contribution in [0.15, 0.2) is 138 Å². The average Bonchev–Trinajstić information content (AvgIpc) is 3.01. The van der Waals surface area contributed by atoms with Gasteiger partial charge in [-0.15, -0.1) is 0 Å². The molecule has 0 bridgehead atoms. The molecule has 196 valence electrons. The van der Waals surface area contributed by atoms with Gasteiger partial charge in [0.15, 0.2) is 0 Å². The topological polar surface area (TPSA) is 40.6 Å². The fourth-order valence-corrected chi connectivity index (χ4v) is 5.33. The first-order chi connectivity index (χ1) is 20.1. The number of hydrogen-bond acceptors (Lipinski definition) is 3. The number of nitriles is 1. The maximum atomic E-state index is 9.29. The molecule has 1 heterocycles. The van der Waals surface area contributed by atoms with Crippen LogP contribution in [0.4, 0.5) is 17.1 Å². The fraction of sp³-hybridized carbons (Fsp3) is 0.0811. The van der Waals surface area contributed by atoms with Crippen LogP contribution < -0.4 is 4.90 Å². The van der Waals surface area contributed by atoms with Gasteiger partial charge in [0.2, 0.25) is 0 Å². The number of benzene rings is 5. The fourth-order valence-electron chi connectivity index (χ4n) is 5.33. The highest BCUT2D eigenvalue weighted by atomic mass is 16.5. The summed E-state index contributed by atoms with van der Waals surface area (Å²) in [5.41, 5.74) is 5.12. The predicted molar refractivity (Wildman–Crippen MR) is 168 cm³/mol. The number of ether oxygens (including phenoxy) is 1. The van der Waals surface area contributed by atoms with E-state index < -0.39 is 0 Å². The molecular weight excluding hydrogens is 502 g/mol. The van der Waals surface area contributed by atoms with E-state index in [1.165, 1.54) is 21.5 Å². The number of fused-ring (bicyclic) bond motifs is 2. The summed E-state index contributed by atoms with van der Waals surface area (Å²) in [6, 6.07) is 40.3. The Morgan fingerprint density at radius 3 is 2.34 bits per heavy atom. The maximum absolute atomic E-state index is 9.29. The molecule has 0 saturated carbocycles. The van der Waals surface area contributed by atoms with E-state index in [2.05, 4.69) is 119 Å². The summed E-state index contributed by atoms with van der Waals surface area (Å²) in [5.74, 6) is 0.646. The third-order valence-electron chi connectivity index (χ3n) is 7.27. The van der Waals surface area contributed by atoms with E-state index in [0.717, 1.165) is 28.2 Å². The summed E-state index contributed by atoms with van der Waals surface area (Å²) < 4.78 is 5.95. The van der Waals surface area contributed by atoms with Crippen molar-refractivity contribution in [2.45, 2.75) is 19.4 Å². The predicted octanol–water partition coefficient (Wildman–Crippen LogP) is 9.87. The zero-order chi connectivity index (χ0) is 28.2. The van der Waals surface area contributed by atoms with Crippen molar-refractivity contribution in [3.63, 3.8) is 0 Å². The molecule has 6 rings (SSSR count). The van der Waals surface area contributed by atoms with E-state index in [1.54, 1.807) is 6.08 Å². The van der Waals surface area contributed by atoms with Crippen molar-refractivity contribution < 1.29 is 4.74 Å². The zero-order valence-corrected chi connectivity index (χ0v) is 22.7. The molecule has 0 amide bonds. The standard InChI is InChI=1S/C37H27N3O/c1-26-22-31(36(25-38)39-2)24-34(41-26)21-16-27-14-18-32(19-15-27)40(33-20-17-28-8-3-4-10-30(28)23-33)37-13-7-11-29-9-5-6-12-35(29)37/h3-21,23-24,26H,22H2,1H3/b21-16+,36-31?. The van der Waals surface area contributed by atoms with Gasteiger partial charge in [-0.1, -0.05) is 84.9 Å². The Labute approximate surface area is 240 Å². The van der Waals surface area contributed by atoms with Gasteiger partial charge in [-0.25, -0.2) is 10.1 Å². The molecule has 5 aromatic carbocycles. The largest absolute Gasteiger partial charge is 0.490 e. The Morgan fingerprint density at radius 2 is 1.56 bits per heavy atom. The van der Waals surface area contributed by atoms with Gasteiger partial charge in [-0.05, 0) is 76.7 Å². The van der Waals surface area contributed by atoms with E-state index >= 15 is 0 Å². The van der Waals surface area contributed by atoms with Crippen LogP contribution in [-0.2, 0) is 4.74 Å². The molecule has 4 nitrogen and oxygen atoms in total. The average molecular weight is 530 g/mol. The van der Waals surface area contributed by atoms with Crippen molar-refractivity contribution in [1.82, 2.24) is 0 Å². The van der Waals surface area contributed by atoms with Gasteiger partial charge < -0.3 is 9.64 Å². The summed E-state index contributed by atoms with van der Waals surface area (Å²) in [6.45, 7) is 9.23. The molecule has 5 aromatic rings. The molecule has 1 unspecified atom stereocenters. The number of nitrogens with zero attached hydrogens (tertiary/aromatic N) is 3. The minimum Gasteiger partial charge on any atom is -0.490 e. The molecule has 41 heavy (non-hydrogen) atoms. The lowest BCUT2D eigenvalue weighted by molar-refractivity contribution is 0.133. The highest BCUT2D eigenvalue weighted by Crippen LogP contribution is 2.40. The van der Waals surface area contributed by atoms with Gasteiger partial charge in [-0.3, -0.25) is 0 Å². The van der Waals surface area contributed by atoms with Crippen LogP contribution in [0.1, 0.15) is 18.9 Å². The van der Waals surface area contributed by atoms with E-state index in [9.17, 15) is 5.26 Å². The summed E-state index contributed by atoms with van der Waals surface area (Å²) >= 11 is 0. The number of allylic oxidation sites excluding steroid dienone is 3. The summed E-state index contributed by atoms with van der Waals surface area (Å²) in [6.07, 6.45) is 6.14. The second-order valence-electron chi connectivity index (χ2n) is 10.1. The molecule has 0 aliphatic carbocycles. The molecule has 0 N–H and O–H groups in total. The second-order valence-corrected chi connectivity index (χ2v) is 10.1. The highest BCUT2D eigenvalue weighted by molar-refractivity contribution is 6.00. The minimum absolute atomic E-state index is 0.0988. The Hall–Kier alpha value is -5.58. The van der Waals surface area contributed by atoms with Gasteiger partial charge in [0.25, 0.3) is 5.70 Å². The Balaban J connectivity index is 1.38. The van der Waals surface area contributed by atoms with Crippen molar-refractivity contribution >= 4 is 44.7 Å². The lowest BCUT2D eigenvalue weighted by atomic mass is 10.0. The quantitative estimate of drug-likeness (QED) is 0.168. The van der Waals surface area contributed by atoms with E-state index in [1.807, 2.05) is 25.1 Å². The normalized spacial score (nSPS) is 16.1. The van der Waals surface area contributed by atoms with Gasteiger partial charge in [-0.2, -0.15) is 0 Å². The number of rotatable bonds is 5. The van der Waals surface area contributed by atoms with Crippen LogP contribution in [0.5, 0.6) is 0 Å². The molecule has 0 radical (unpaired) electrons. The molecule has 4 heteroatoms. The molecule has 1 atom stereocenters. The Bertz CT molecular complexity index is 1910. The molecule has 0 aromatic heterocycles. The number of anilines is 3. The first-order valence-corrected chi connectivity index (χ1v) is 13.6. The van der Waals surface area contributed by atoms with Gasteiger partial charge in [0.1, 0.15) is 5.76 Å². The first-order valence-electron chi connectivity index (χ1n) is 13.6. The van der Waals surface area contributed by atoms with Crippen molar-refractivity contribution in [3.05, 3.63) is 155 Å². The summed E-state index contributed by atoms with van der Waals surface area (Å²) in [7, 11) is 0. The van der Waals surface area contributed by atoms with E-state index in [-0.39, 0.29) is 11.8 Å². The van der Waals surface area contributed by atoms with Gasteiger partial charge in [0.05, 0.1) is 24.4 Å². The highest BCUT2D eigenvalue weighted by Gasteiger charge is 2.18. The van der Waals surface area contributed by atoms with Gasteiger partial charge >= 0.3 is 0 Å². The molecule has 0 fully saturated rings. The smallest absolute Gasteiger partial charge is 0.265 e. The first kappa shape index (κ1) is 25.7. The third kappa shape index (κ3) is 5.33. The van der Waals surface area contributed by atoms with Crippen LogP contribution in [0, 0.1) is 17.9 Å². The SMILES string of the molecule is [C-]#[N+]C(C#N)=C1C=C(/C=C/c2ccc(N(c3ccc4ccccc4c3)c3cccc4ccccc34)cc2)OC(C)C1. The van der Waals surface area contributed by atoms with Crippen LogP contribution in [-0.4, -0.2) is 6.10 Å². The van der Waals surface area contributed by atoms with E-state index in [4.69, 9.17) is 11.3 Å². The maximum Gasteiger partial charge on any atom is 0.265 e. The number of hydrogen-bond donors (Lipinski definition) is 0. The van der Waals surface area contributed by atoms with Crippen molar-refractivity contribution in [1.29, 1.82) is 5.26 Å². The molecule has 1 aliphatic rings. The monoisotopic (exact) mass is 529 g/mol. The zero-order valence-electron chi connectivity index (χ0n) is 22.7.